The van der Waals surface area contributed by atoms with Crippen molar-refractivity contribution in [1.29, 1.82) is 0 Å². The largest absolute Gasteiger partial charge is 0.504 e. The Labute approximate surface area is 91.4 Å². The van der Waals surface area contributed by atoms with Crippen LogP contribution in [0.3, 0.4) is 0 Å². The zero-order valence-corrected chi connectivity index (χ0v) is 8.65. The van der Waals surface area contributed by atoms with Gasteiger partial charge in [0.05, 0.1) is 12.1 Å². The smallest absolute Gasteiger partial charge is 0.328 e. The van der Waals surface area contributed by atoms with Gasteiger partial charge in [-0.2, -0.15) is 0 Å². The maximum Gasteiger partial charge on any atom is 0.328 e. The van der Waals surface area contributed by atoms with Gasteiger partial charge in [-0.1, -0.05) is 11.6 Å². The van der Waals surface area contributed by atoms with E-state index in [0.717, 1.165) is 6.08 Å². The molecule has 0 saturated carbocycles. The molecule has 0 aromatic heterocycles. The number of hydrogen-bond donors (Lipinski definition) is 2. The average Bonchev–Trinajstić information content (AvgIpc) is 2.16. The summed E-state index contributed by atoms with van der Waals surface area (Å²) in [5.41, 5.74) is 0.466. The van der Waals surface area contributed by atoms with Crippen LogP contribution in [0.15, 0.2) is 18.2 Å². The van der Waals surface area contributed by atoms with Crippen LogP contribution in [0.25, 0.3) is 6.08 Å². The van der Waals surface area contributed by atoms with Crippen LogP contribution in [0.1, 0.15) is 5.56 Å². The molecule has 1 aromatic rings. The topological polar surface area (TPSA) is 66.8 Å². The molecule has 0 radical (unpaired) electrons. The summed E-state index contributed by atoms with van der Waals surface area (Å²) < 4.78 is 4.86. The van der Waals surface area contributed by atoms with Crippen LogP contribution in [-0.4, -0.2) is 23.3 Å². The number of carbonyl (C=O) groups is 1. The van der Waals surface area contributed by atoms with Crippen LogP contribution in [0.2, 0.25) is 5.02 Å². The first-order chi connectivity index (χ1) is 7.04. The minimum absolute atomic E-state index is 0.0880. The third-order valence-corrected chi connectivity index (χ3v) is 2.03. The van der Waals surface area contributed by atoms with E-state index in [2.05, 4.69) is 0 Å². The second kappa shape index (κ2) is 4.70. The van der Waals surface area contributed by atoms with Crippen LogP contribution in [0.5, 0.6) is 11.5 Å². The molecule has 80 valence electrons. The van der Waals surface area contributed by atoms with Gasteiger partial charge in [-0.15, -0.1) is 0 Å². The predicted molar refractivity (Wildman–Crippen MR) is 56.3 cm³/mol. The van der Waals surface area contributed by atoms with Crippen LogP contribution >= 0.6 is 11.6 Å². The highest BCUT2D eigenvalue weighted by atomic mass is 35.5. The molecule has 0 aliphatic heterocycles. The van der Waals surface area contributed by atoms with Crippen molar-refractivity contribution in [3.63, 3.8) is 0 Å². The van der Waals surface area contributed by atoms with Gasteiger partial charge in [-0.05, 0) is 17.7 Å². The number of aromatic hydroxyl groups is 1. The molecule has 0 heterocycles. The van der Waals surface area contributed by atoms with Crippen LogP contribution in [-0.2, 0) is 4.79 Å². The van der Waals surface area contributed by atoms with Crippen LogP contribution in [0.4, 0.5) is 0 Å². The standard InChI is InChI=1S/C10H9ClO4/c1-15-9-4-6(2-3-10(13)14)7(11)5-8(9)12/h2-5,12H,1H3,(H,13,14)/b3-2+. The summed E-state index contributed by atoms with van der Waals surface area (Å²) in [6.07, 6.45) is 2.28. The summed E-state index contributed by atoms with van der Waals surface area (Å²) in [7, 11) is 1.40. The number of methoxy groups -OCH3 is 1. The molecule has 0 atom stereocenters. The van der Waals surface area contributed by atoms with E-state index in [1.165, 1.54) is 25.3 Å². The van der Waals surface area contributed by atoms with Crippen molar-refractivity contribution in [3.8, 4) is 11.5 Å². The maximum absolute atomic E-state index is 10.3. The van der Waals surface area contributed by atoms with Crippen molar-refractivity contribution in [2.24, 2.45) is 0 Å². The Balaban J connectivity index is 3.13. The number of carboxylic acid groups (broad SMARTS) is 1. The van der Waals surface area contributed by atoms with Crippen LogP contribution < -0.4 is 4.74 Å². The lowest BCUT2D eigenvalue weighted by atomic mass is 10.2. The molecule has 0 bridgehead atoms. The molecule has 0 unspecified atom stereocenters. The number of benzene rings is 1. The van der Waals surface area contributed by atoms with E-state index in [-0.39, 0.29) is 16.5 Å². The number of ether oxygens (including phenoxy) is 1. The Morgan fingerprint density at radius 1 is 1.53 bits per heavy atom. The van der Waals surface area contributed by atoms with Crippen molar-refractivity contribution < 1.29 is 19.7 Å². The fourth-order valence-corrected chi connectivity index (χ4v) is 1.23. The van der Waals surface area contributed by atoms with Gasteiger partial charge in [0.2, 0.25) is 0 Å². The molecule has 4 nitrogen and oxygen atoms in total. The first kappa shape index (κ1) is 11.4. The average molecular weight is 229 g/mol. The molecule has 0 aliphatic carbocycles. The molecular weight excluding hydrogens is 220 g/mol. The van der Waals surface area contributed by atoms with E-state index < -0.39 is 5.97 Å². The highest BCUT2D eigenvalue weighted by Crippen LogP contribution is 2.32. The summed E-state index contributed by atoms with van der Waals surface area (Å²) in [4.78, 5) is 10.3. The van der Waals surface area contributed by atoms with Gasteiger partial charge in [0.25, 0.3) is 0 Å². The van der Waals surface area contributed by atoms with Gasteiger partial charge < -0.3 is 14.9 Å². The third-order valence-electron chi connectivity index (χ3n) is 1.70. The molecule has 1 aromatic carbocycles. The quantitative estimate of drug-likeness (QED) is 0.778. The van der Waals surface area contributed by atoms with E-state index in [0.29, 0.717) is 5.56 Å². The van der Waals surface area contributed by atoms with Crippen molar-refractivity contribution in [1.82, 2.24) is 0 Å². The molecule has 1 rings (SSSR count). The molecule has 0 aliphatic rings. The van der Waals surface area contributed by atoms with Gasteiger partial charge in [-0.25, -0.2) is 4.79 Å². The number of rotatable bonds is 3. The van der Waals surface area contributed by atoms with Gasteiger partial charge in [0.1, 0.15) is 0 Å². The number of phenols is 1. The minimum atomic E-state index is -1.07. The fraction of sp³-hybridized carbons (Fsp3) is 0.100. The summed E-state index contributed by atoms with van der Waals surface area (Å²) >= 11 is 5.78. The number of carboxylic acids is 1. The predicted octanol–water partition coefficient (Wildman–Crippen LogP) is 2.15. The van der Waals surface area contributed by atoms with E-state index in [1.807, 2.05) is 0 Å². The lowest BCUT2D eigenvalue weighted by Gasteiger charge is -2.05. The van der Waals surface area contributed by atoms with E-state index in [4.69, 9.17) is 21.4 Å². The Bertz CT molecular complexity index is 412. The monoisotopic (exact) mass is 228 g/mol. The molecular formula is C10H9ClO4. The van der Waals surface area contributed by atoms with E-state index in [1.54, 1.807) is 0 Å². The summed E-state index contributed by atoms with van der Waals surface area (Å²) in [6.45, 7) is 0. The zero-order chi connectivity index (χ0) is 11.4. The van der Waals surface area contributed by atoms with E-state index >= 15 is 0 Å². The number of hydrogen-bond acceptors (Lipinski definition) is 3. The SMILES string of the molecule is COc1cc(/C=C/C(=O)O)c(Cl)cc1O. The lowest BCUT2D eigenvalue weighted by Crippen LogP contribution is -1.88. The van der Waals surface area contributed by atoms with Crippen molar-refractivity contribution in [3.05, 3.63) is 28.8 Å². The molecule has 0 saturated heterocycles. The van der Waals surface area contributed by atoms with Gasteiger partial charge >= 0.3 is 5.97 Å². The third kappa shape index (κ3) is 2.89. The second-order valence-electron chi connectivity index (χ2n) is 2.72. The molecule has 0 amide bonds. The lowest BCUT2D eigenvalue weighted by molar-refractivity contribution is -0.131. The number of halogens is 1. The molecule has 15 heavy (non-hydrogen) atoms. The second-order valence-corrected chi connectivity index (χ2v) is 3.12. The Morgan fingerprint density at radius 3 is 2.73 bits per heavy atom. The normalized spacial score (nSPS) is 10.5. The molecule has 2 N–H and O–H groups in total. The minimum Gasteiger partial charge on any atom is -0.504 e. The highest BCUT2D eigenvalue weighted by Gasteiger charge is 2.06. The summed E-state index contributed by atoms with van der Waals surface area (Å²) in [5, 5.41) is 18.0. The zero-order valence-electron chi connectivity index (χ0n) is 7.90. The molecule has 5 heteroatoms. The molecule has 0 spiro atoms. The van der Waals surface area contributed by atoms with Gasteiger partial charge in [0, 0.05) is 12.1 Å². The Morgan fingerprint density at radius 2 is 2.20 bits per heavy atom. The van der Waals surface area contributed by atoms with Gasteiger partial charge in [0.15, 0.2) is 11.5 Å². The van der Waals surface area contributed by atoms with E-state index in [9.17, 15) is 9.90 Å². The van der Waals surface area contributed by atoms with Crippen molar-refractivity contribution in [2.45, 2.75) is 0 Å². The first-order valence-electron chi connectivity index (χ1n) is 4.02. The first-order valence-corrected chi connectivity index (χ1v) is 4.40. The van der Waals surface area contributed by atoms with Crippen molar-refractivity contribution >= 4 is 23.6 Å². The molecule has 0 fully saturated rings. The van der Waals surface area contributed by atoms with Crippen molar-refractivity contribution in [2.75, 3.05) is 7.11 Å². The summed E-state index contributed by atoms with van der Waals surface area (Å²) in [6, 6.07) is 2.75. The number of phenolic OH excluding ortho intramolecular Hbond substituents is 1. The highest BCUT2D eigenvalue weighted by molar-refractivity contribution is 6.32. The Kier molecular flexibility index (Phi) is 3.57. The summed E-state index contributed by atoms with van der Waals surface area (Å²) in [5.74, 6) is -0.919. The fourth-order valence-electron chi connectivity index (χ4n) is 1.01. The Hall–Kier alpha value is -1.68. The van der Waals surface area contributed by atoms with Crippen LogP contribution in [0, 0.1) is 0 Å². The van der Waals surface area contributed by atoms with Gasteiger partial charge in [-0.3, -0.25) is 0 Å². The number of aliphatic carboxylic acids is 1. The maximum atomic E-state index is 10.3.